The molecule has 0 aliphatic carbocycles. The number of anilines is 1. The summed E-state index contributed by atoms with van der Waals surface area (Å²) in [7, 11) is 0. The molecular weight excluding hydrogens is 390 g/mol. The van der Waals surface area contributed by atoms with Gasteiger partial charge in [-0.15, -0.1) is 12.4 Å². The highest BCUT2D eigenvalue weighted by Crippen LogP contribution is 2.27. The third kappa shape index (κ3) is 5.81. The number of para-hydroxylation sites is 1. The number of hydrogen-bond acceptors (Lipinski definition) is 4. The van der Waals surface area contributed by atoms with E-state index in [0.29, 0.717) is 38.5 Å². The summed E-state index contributed by atoms with van der Waals surface area (Å²) >= 11 is 0. The summed E-state index contributed by atoms with van der Waals surface area (Å²) < 4.78 is 5.33. The maximum atomic E-state index is 12.8. The van der Waals surface area contributed by atoms with Gasteiger partial charge in [-0.25, -0.2) is 0 Å². The van der Waals surface area contributed by atoms with E-state index < -0.39 is 5.54 Å². The Morgan fingerprint density at radius 3 is 2.66 bits per heavy atom. The van der Waals surface area contributed by atoms with Crippen molar-refractivity contribution in [2.45, 2.75) is 51.1 Å². The average molecular weight is 422 g/mol. The monoisotopic (exact) mass is 421 g/mol. The van der Waals surface area contributed by atoms with Crippen molar-refractivity contribution in [3.63, 3.8) is 0 Å². The van der Waals surface area contributed by atoms with Gasteiger partial charge in [0.2, 0.25) is 5.91 Å². The van der Waals surface area contributed by atoms with Gasteiger partial charge in [-0.3, -0.25) is 9.59 Å². The van der Waals surface area contributed by atoms with E-state index in [2.05, 4.69) is 25.2 Å². The van der Waals surface area contributed by atoms with Gasteiger partial charge in [0.1, 0.15) is 0 Å². The maximum Gasteiger partial charge on any atom is 0.250 e. The number of carbonyl (C=O) groups excluding carboxylic acids is 2. The van der Waals surface area contributed by atoms with E-state index in [1.807, 2.05) is 24.3 Å². The first-order valence-corrected chi connectivity index (χ1v) is 10.1. The molecule has 0 radical (unpaired) electrons. The quantitative estimate of drug-likeness (QED) is 0.691. The molecule has 29 heavy (non-hydrogen) atoms. The Morgan fingerprint density at radius 2 is 1.97 bits per heavy atom. The summed E-state index contributed by atoms with van der Waals surface area (Å²) in [6, 6.07) is 7.76. The molecule has 160 valence electrons. The Kier molecular flexibility index (Phi) is 8.25. The molecule has 3 rings (SSSR count). The zero-order chi connectivity index (χ0) is 20.1. The number of ether oxygens (including phenoxy) is 1. The molecule has 6 nitrogen and oxygen atoms in total. The van der Waals surface area contributed by atoms with Gasteiger partial charge < -0.3 is 20.7 Å². The van der Waals surface area contributed by atoms with Gasteiger partial charge in [-0.1, -0.05) is 38.1 Å². The van der Waals surface area contributed by atoms with Crippen molar-refractivity contribution in [2.24, 2.45) is 11.7 Å². The predicted molar refractivity (Wildman–Crippen MR) is 117 cm³/mol. The molecule has 0 aromatic heterocycles. The van der Waals surface area contributed by atoms with Crippen LogP contribution in [-0.2, 0) is 20.7 Å². The van der Waals surface area contributed by atoms with Crippen LogP contribution >= 0.6 is 12.4 Å². The fourth-order valence-corrected chi connectivity index (χ4v) is 3.82. The van der Waals surface area contributed by atoms with Crippen LogP contribution < -0.4 is 16.0 Å². The molecule has 2 aliphatic heterocycles. The number of nitrogens with two attached hydrogens (primary N) is 1. The molecule has 1 aromatic rings. The Balaban J connectivity index is 0.00000300. The van der Waals surface area contributed by atoms with E-state index >= 15 is 0 Å². The van der Waals surface area contributed by atoms with E-state index in [4.69, 9.17) is 10.5 Å². The van der Waals surface area contributed by atoms with Gasteiger partial charge in [0.15, 0.2) is 0 Å². The van der Waals surface area contributed by atoms with Gasteiger partial charge in [-0.2, -0.15) is 0 Å². The fourth-order valence-electron chi connectivity index (χ4n) is 3.82. The number of rotatable bonds is 6. The molecule has 2 aliphatic rings. The van der Waals surface area contributed by atoms with Crippen molar-refractivity contribution in [3.05, 3.63) is 42.0 Å². The first kappa shape index (κ1) is 23.4. The second-order valence-electron chi connectivity index (χ2n) is 8.21. The highest BCUT2D eigenvalue weighted by Gasteiger charge is 2.36. The van der Waals surface area contributed by atoms with E-state index in [0.717, 1.165) is 18.5 Å². The molecule has 2 heterocycles. The number of nitrogens with one attached hydrogen (secondary N) is 1. The lowest BCUT2D eigenvalue weighted by Crippen LogP contribution is -2.58. The minimum Gasteiger partial charge on any atom is -0.381 e. The van der Waals surface area contributed by atoms with Crippen molar-refractivity contribution in [1.82, 2.24) is 5.32 Å². The zero-order valence-electron chi connectivity index (χ0n) is 17.2. The largest absolute Gasteiger partial charge is 0.381 e. The van der Waals surface area contributed by atoms with Crippen LogP contribution in [0.2, 0.25) is 0 Å². The normalized spacial score (nSPS) is 19.0. The van der Waals surface area contributed by atoms with Gasteiger partial charge in [-0.05, 0) is 43.2 Å². The molecular formula is C22H32ClN3O3. The van der Waals surface area contributed by atoms with Crippen LogP contribution in [0.3, 0.4) is 0 Å². The summed E-state index contributed by atoms with van der Waals surface area (Å²) in [5, 5.41) is 3.05. The van der Waals surface area contributed by atoms with Crippen molar-refractivity contribution in [1.29, 1.82) is 0 Å². The van der Waals surface area contributed by atoms with Crippen LogP contribution in [0.25, 0.3) is 0 Å². The Morgan fingerprint density at radius 1 is 1.28 bits per heavy atom. The van der Waals surface area contributed by atoms with E-state index in [1.54, 1.807) is 11.0 Å². The van der Waals surface area contributed by atoms with E-state index in [1.165, 1.54) is 5.56 Å². The summed E-state index contributed by atoms with van der Waals surface area (Å²) in [5.41, 5.74) is 7.58. The molecule has 0 bridgehead atoms. The maximum absolute atomic E-state index is 12.8. The van der Waals surface area contributed by atoms with Crippen LogP contribution in [0, 0.1) is 5.92 Å². The lowest BCUT2D eigenvalue weighted by atomic mass is 9.89. The van der Waals surface area contributed by atoms with Crippen LogP contribution in [0.4, 0.5) is 5.69 Å². The summed E-state index contributed by atoms with van der Waals surface area (Å²) in [6.07, 6.45) is 6.05. The van der Waals surface area contributed by atoms with E-state index in [9.17, 15) is 9.59 Å². The SMILES string of the molecule is CC(C)C[C@@H](/C=C/C(=O)N1CCc2ccccc21)NC(=O)C1(N)CCOCC1.Cl. The lowest BCUT2D eigenvalue weighted by molar-refractivity contribution is -0.130. The first-order chi connectivity index (χ1) is 13.4. The van der Waals surface area contributed by atoms with Crippen LogP contribution in [0.1, 0.15) is 38.7 Å². The van der Waals surface area contributed by atoms with Crippen LogP contribution in [0.5, 0.6) is 0 Å². The number of hydrogen-bond donors (Lipinski definition) is 2. The second-order valence-corrected chi connectivity index (χ2v) is 8.21. The third-order valence-corrected chi connectivity index (χ3v) is 5.50. The molecule has 1 fully saturated rings. The minimum atomic E-state index is -0.890. The van der Waals surface area contributed by atoms with Gasteiger partial charge >= 0.3 is 0 Å². The highest BCUT2D eigenvalue weighted by atomic mass is 35.5. The lowest BCUT2D eigenvalue weighted by Gasteiger charge is -2.33. The van der Waals surface area contributed by atoms with Gasteiger partial charge in [0, 0.05) is 37.6 Å². The van der Waals surface area contributed by atoms with Crippen LogP contribution in [-0.4, -0.2) is 43.2 Å². The van der Waals surface area contributed by atoms with E-state index in [-0.39, 0.29) is 30.3 Å². The highest BCUT2D eigenvalue weighted by molar-refractivity contribution is 6.03. The van der Waals surface area contributed by atoms with Gasteiger partial charge in [0.25, 0.3) is 5.91 Å². The fraction of sp³-hybridized carbons (Fsp3) is 0.545. The molecule has 2 amide bonds. The van der Waals surface area contributed by atoms with Crippen molar-refractivity contribution >= 4 is 29.9 Å². The molecule has 0 saturated carbocycles. The van der Waals surface area contributed by atoms with Gasteiger partial charge in [0.05, 0.1) is 5.54 Å². The number of nitrogens with zero attached hydrogens (tertiary/aromatic N) is 1. The number of carbonyl (C=O) groups is 2. The standard InChI is InChI=1S/C22H31N3O3.ClH/c1-16(2)15-18(24-21(27)22(23)10-13-28-14-11-22)7-8-20(26)25-12-9-17-5-3-4-6-19(17)25;/h3-8,16,18H,9-15,23H2,1-2H3,(H,24,27);1H/b8-7+;/t18-;/m1./s1. The summed E-state index contributed by atoms with van der Waals surface area (Å²) in [6.45, 7) is 5.88. The number of amides is 2. The number of benzene rings is 1. The molecule has 1 atom stereocenters. The Labute approximate surface area is 179 Å². The minimum absolute atomic E-state index is 0. The average Bonchev–Trinajstić information content (AvgIpc) is 3.10. The number of fused-ring (bicyclic) bond motifs is 1. The Bertz CT molecular complexity index is 745. The Hall–Kier alpha value is -1.89. The molecule has 1 saturated heterocycles. The number of halogens is 1. The van der Waals surface area contributed by atoms with Crippen molar-refractivity contribution in [3.8, 4) is 0 Å². The summed E-state index contributed by atoms with van der Waals surface area (Å²) in [4.78, 5) is 27.3. The van der Waals surface area contributed by atoms with Crippen molar-refractivity contribution < 1.29 is 14.3 Å². The smallest absolute Gasteiger partial charge is 0.250 e. The molecule has 7 heteroatoms. The molecule has 0 unspecified atom stereocenters. The third-order valence-electron chi connectivity index (χ3n) is 5.50. The predicted octanol–water partition coefficient (Wildman–Crippen LogP) is 2.59. The second kappa shape index (κ2) is 10.2. The molecule has 1 aromatic carbocycles. The topological polar surface area (TPSA) is 84.7 Å². The first-order valence-electron chi connectivity index (χ1n) is 10.1. The zero-order valence-corrected chi connectivity index (χ0v) is 18.0. The molecule has 0 spiro atoms. The molecule has 3 N–H and O–H groups in total. The summed E-state index contributed by atoms with van der Waals surface area (Å²) in [5.74, 6) is 0.160. The van der Waals surface area contributed by atoms with Crippen molar-refractivity contribution in [2.75, 3.05) is 24.7 Å². The van der Waals surface area contributed by atoms with Crippen LogP contribution in [0.15, 0.2) is 36.4 Å².